The summed E-state index contributed by atoms with van der Waals surface area (Å²) in [7, 11) is 1.79. The van der Waals surface area contributed by atoms with Gasteiger partial charge in [0.1, 0.15) is 12.0 Å². The molecular formula is C25H21N5O. The van der Waals surface area contributed by atoms with Crippen LogP contribution < -0.4 is 0 Å². The molecule has 0 aliphatic rings. The summed E-state index contributed by atoms with van der Waals surface area (Å²) >= 11 is 0. The van der Waals surface area contributed by atoms with Gasteiger partial charge in [-0.2, -0.15) is 0 Å². The topological polar surface area (TPSA) is 63.9 Å². The van der Waals surface area contributed by atoms with Crippen molar-refractivity contribution in [3.05, 3.63) is 96.6 Å². The van der Waals surface area contributed by atoms with Crippen LogP contribution in [0, 0.1) is 0 Å². The first-order valence-corrected chi connectivity index (χ1v) is 10.1. The Balaban J connectivity index is 1.38. The van der Waals surface area contributed by atoms with E-state index in [0.717, 1.165) is 27.8 Å². The second kappa shape index (κ2) is 7.65. The summed E-state index contributed by atoms with van der Waals surface area (Å²) in [4.78, 5) is 28.0. The number of imidazole rings is 1. The lowest BCUT2D eigenvalue weighted by molar-refractivity contribution is 0.0736. The summed E-state index contributed by atoms with van der Waals surface area (Å²) in [5.41, 5.74) is 5.92. The Morgan fingerprint density at radius 1 is 0.871 bits per heavy atom. The van der Waals surface area contributed by atoms with Crippen molar-refractivity contribution >= 4 is 28.0 Å². The number of nitrogens with zero attached hydrogens (tertiary/aromatic N) is 5. The van der Waals surface area contributed by atoms with Gasteiger partial charge in [-0.15, -0.1) is 0 Å². The van der Waals surface area contributed by atoms with Gasteiger partial charge in [0.15, 0.2) is 0 Å². The molecule has 1 amide bonds. The minimum Gasteiger partial charge on any atom is -0.334 e. The molecule has 3 aromatic carbocycles. The van der Waals surface area contributed by atoms with E-state index >= 15 is 0 Å². The van der Waals surface area contributed by atoms with E-state index in [1.165, 1.54) is 0 Å². The number of rotatable bonds is 4. The molecule has 0 spiro atoms. The highest BCUT2D eigenvalue weighted by Gasteiger charge is 2.21. The largest absolute Gasteiger partial charge is 0.334 e. The van der Waals surface area contributed by atoms with E-state index in [0.29, 0.717) is 11.2 Å². The first-order chi connectivity index (χ1) is 15.1. The number of carbonyl (C=O) groups excluding carboxylic acids is 1. The molecule has 0 unspecified atom stereocenters. The lowest BCUT2D eigenvalue weighted by atomic mass is 10.1. The number of hydrogen-bond acceptors (Lipinski definition) is 4. The van der Waals surface area contributed by atoms with Gasteiger partial charge < -0.3 is 4.90 Å². The molecule has 2 aromatic heterocycles. The molecule has 6 nitrogen and oxygen atoms in total. The molecule has 1 atom stereocenters. The van der Waals surface area contributed by atoms with E-state index in [2.05, 4.69) is 25.6 Å². The highest BCUT2D eigenvalue weighted by Crippen LogP contribution is 2.24. The Morgan fingerprint density at radius 3 is 2.32 bits per heavy atom. The maximum Gasteiger partial charge on any atom is 0.274 e. The number of para-hydroxylation sites is 4. The van der Waals surface area contributed by atoms with Gasteiger partial charge in [-0.25, -0.2) is 9.97 Å². The molecule has 152 valence electrons. The molecule has 0 aliphatic heterocycles. The molecule has 2 heterocycles. The maximum atomic E-state index is 13.0. The fraction of sp³-hybridized carbons (Fsp3) is 0.120. The zero-order chi connectivity index (χ0) is 21.4. The molecule has 0 N–H and O–H groups in total. The number of amides is 1. The first kappa shape index (κ1) is 18.9. The predicted molar refractivity (Wildman–Crippen MR) is 121 cm³/mol. The fourth-order valence-electron chi connectivity index (χ4n) is 3.72. The minimum atomic E-state index is -0.157. The Morgan fingerprint density at radius 2 is 1.55 bits per heavy atom. The molecule has 0 fully saturated rings. The van der Waals surface area contributed by atoms with Crippen molar-refractivity contribution in [3.63, 3.8) is 0 Å². The fourth-order valence-corrected chi connectivity index (χ4v) is 3.72. The predicted octanol–water partition coefficient (Wildman–Crippen LogP) is 4.80. The average molecular weight is 407 g/mol. The normalized spacial score (nSPS) is 12.2. The monoisotopic (exact) mass is 407 g/mol. The zero-order valence-electron chi connectivity index (χ0n) is 17.3. The number of benzene rings is 3. The second-order valence-electron chi connectivity index (χ2n) is 7.53. The summed E-state index contributed by atoms with van der Waals surface area (Å²) in [5, 5.41) is 0. The highest BCUT2D eigenvalue weighted by atomic mass is 16.2. The third-order valence-electron chi connectivity index (χ3n) is 5.68. The summed E-state index contributed by atoms with van der Waals surface area (Å²) in [6.45, 7) is 2.01. The highest BCUT2D eigenvalue weighted by molar-refractivity contribution is 5.93. The first-order valence-electron chi connectivity index (χ1n) is 10.1. The van der Waals surface area contributed by atoms with Gasteiger partial charge in [0.05, 0.1) is 34.3 Å². The van der Waals surface area contributed by atoms with E-state index in [1.54, 1.807) is 18.1 Å². The quantitative estimate of drug-likeness (QED) is 0.429. The van der Waals surface area contributed by atoms with E-state index < -0.39 is 0 Å². The van der Waals surface area contributed by atoms with Gasteiger partial charge >= 0.3 is 0 Å². The molecule has 0 saturated heterocycles. The van der Waals surface area contributed by atoms with Gasteiger partial charge in [0.25, 0.3) is 5.91 Å². The van der Waals surface area contributed by atoms with Crippen molar-refractivity contribution in [2.75, 3.05) is 7.05 Å². The van der Waals surface area contributed by atoms with Crippen LogP contribution in [0.3, 0.4) is 0 Å². The molecule has 0 radical (unpaired) electrons. The number of hydrogen-bond donors (Lipinski definition) is 0. The standard InChI is InChI=1S/C25H21N5O/c1-17(29(2)25(31)23-15-26-20-7-3-4-8-21(20)28-23)18-11-13-19(14-12-18)30-16-27-22-9-5-6-10-24(22)30/h3-17H,1-2H3/t17-/m0/s1. The summed E-state index contributed by atoms with van der Waals surface area (Å²) in [6.07, 6.45) is 3.37. The molecule has 5 aromatic rings. The van der Waals surface area contributed by atoms with Crippen molar-refractivity contribution in [3.8, 4) is 5.69 Å². The second-order valence-corrected chi connectivity index (χ2v) is 7.53. The van der Waals surface area contributed by atoms with Crippen molar-refractivity contribution in [2.45, 2.75) is 13.0 Å². The van der Waals surface area contributed by atoms with Crippen LogP contribution in [0.25, 0.3) is 27.8 Å². The van der Waals surface area contributed by atoms with Crippen LogP contribution in [0.1, 0.15) is 29.0 Å². The Kier molecular flexibility index (Phi) is 4.67. The van der Waals surface area contributed by atoms with E-state index in [4.69, 9.17) is 0 Å². The number of fused-ring (bicyclic) bond motifs is 2. The van der Waals surface area contributed by atoms with E-state index in [1.807, 2.05) is 80.0 Å². The molecular weight excluding hydrogens is 386 g/mol. The lowest BCUT2D eigenvalue weighted by Crippen LogP contribution is -2.30. The van der Waals surface area contributed by atoms with Gasteiger partial charge in [-0.3, -0.25) is 14.3 Å². The van der Waals surface area contributed by atoms with Crippen LogP contribution in [0.5, 0.6) is 0 Å². The van der Waals surface area contributed by atoms with E-state index in [-0.39, 0.29) is 11.9 Å². The smallest absolute Gasteiger partial charge is 0.274 e. The van der Waals surface area contributed by atoms with Crippen LogP contribution in [0.4, 0.5) is 0 Å². The lowest BCUT2D eigenvalue weighted by Gasteiger charge is -2.25. The molecule has 0 aliphatic carbocycles. The van der Waals surface area contributed by atoms with Crippen molar-refractivity contribution in [1.82, 2.24) is 24.4 Å². The molecule has 0 bridgehead atoms. The SMILES string of the molecule is C[C@@H](c1ccc(-n2cnc3ccccc32)cc1)N(C)C(=O)c1cnc2ccccc2n1. The summed E-state index contributed by atoms with van der Waals surface area (Å²) in [6, 6.07) is 23.7. The Hall–Kier alpha value is -4.06. The Bertz CT molecular complexity index is 1390. The van der Waals surface area contributed by atoms with Gasteiger partial charge in [-0.1, -0.05) is 36.4 Å². The van der Waals surface area contributed by atoms with Gasteiger partial charge in [0.2, 0.25) is 0 Å². The van der Waals surface area contributed by atoms with Gasteiger partial charge in [0, 0.05) is 12.7 Å². The maximum absolute atomic E-state index is 13.0. The van der Waals surface area contributed by atoms with Crippen molar-refractivity contribution in [2.24, 2.45) is 0 Å². The molecule has 5 rings (SSSR count). The Labute approximate surface area is 179 Å². The van der Waals surface area contributed by atoms with Crippen LogP contribution in [0.2, 0.25) is 0 Å². The van der Waals surface area contributed by atoms with Crippen molar-refractivity contribution < 1.29 is 4.79 Å². The summed E-state index contributed by atoms with van der Waals surface area (Å²) < 4.78 is 2.06. The molecule has 31 heavy (non-hydrogen) atoms. The number of aromatic nitrogens is 4. The van der Waals surface area contributed by atoms with E-state index in [9.17, 15) is 4.79 Å². The average Bonchev–Trinajstić information content (AvgIpc) is 3.26. The molecule has 0 saturated carbocycles. The number of carbonyl (C=O) groups is 1. The van der Waals surface area contributed by atoms with Crippen LogP contribution in [-0.2, 0) is 0 Å². The minimum absolute atomic E-state index is 0.116. The third kappa shape index (κ3) is 3.42. The summed E-state index contributed by atoms with van der Waals surface area (Å²) in [5.74, 6) is -0.157. The van der Waals surface area contributed by atoms with Crippen LogP contribution >= 0.6 is 0 Å². The molecule has 6 heteroatoms. The zero-order valence-corrected chi connectivity index (χ0v) is 17.3. The van der Waals surface area contributed by atoms with Crippen LogP contribution in [0.15, 0.2) is 85.3 Å². The third-order valence-corrected chi connectivity index (χ3v) is 5.68. The van der Waals surface area contributed by atoms with Crippen molar-refractivity contribution in [1.29, 1.82) is 0 Å². The van der Waals surface area contributed by atoms with Crippen LogP contribution in [-0.4, -0.2) is 37.4 Å². The van der Waals surface area contributed by atoms with Gasteiger partial charge in [-0.05, 0) is 48.9 Å².